The van der Waals surface area contributed by atoms with E-state index in [1.807, 2.05) is 6.92 Å². The summed E-state index contributed by atoms with van der Waals surface area (Å²) in [6.07, 6.45) is 2.35. The molecule has 18 heavy (non-hydrogen) atoms. The number of rotatable bonds is 9. The third kappa shape index (κ3) is 4.56. The zero-order chi connectivity index (χ0) is 13.6. The first kappa shape index (κ1) is 15.4. The second-order valence-corrected chi connectivity index (χ2v) is 5.59. The Kier molecular flexibility index (Phi) is 6.07. The topological polar surface area (TPSA) is 48.3 Å². The van der Waals surface area contributed by atoms with Crippen molar-refractivity contribution in [3.63, 3.8) is 0 Å². The van der Waals surface area contributed by atoms with Crippen molar-refractivity contribution in [2.24, 2.45) is 5.92 Å². The summed E-state index contributed by atoms with van der Waals surface area (Å²) in [5.41, 5.74) is -0.380. The molecule has 0 spiro atoms. The molecule has 1 fully saturated rings. The van der Waals surface area contributed by atoms with E-state index in [0.29, 0.717) is 12.0 Å². The first-order chi connectivity index (χ1) is 8.54. The van der Waals surface area contributed by atoms with Crippen molar-refractivity contribution >= 4 is 0 Å². The van der Waals surface area contributed by atoms with E-state index >= 15 is 0 Å². The van der Waals surface area contributed by atoms with E-state index < -0.39 is 0 Å². The Bertz CT molecular complexity index is 283. The minimum Gasteiger partial charge on any atom is -0.380 e. The third-order valence-electron chi connectivity index (χ3n) is 3.36. The first-order valence-electron chi connectivity index (χ1n) is 6.99. The first-order valence-corrected chi connectivity index (χ1v) is 6.99. The number of likely N-dealkylation sites (N-methyl/N-ethyl adjacent to an activating group) is 1. The number of ether oxygens (including phenoxy) is 1. The quantitative estimate of drug-likeness (QED) is 0.634. The molecule has 0 aromatic heterocycles. The molecule has 0 aromatic carbocycles. The van der Waals surface area contributed by atoms with Gasteiger partial charge in [0.2, 0.25) is 0 Å². The fourth-order valence-electron chi connectivity index (χ4n) is 2.41. The fourth-order valence-corrected chi connectivity index (χ4v) is 2.41. The summed E-state index contributed by atoms with van der Waals surface area (Å²) in [7, 11) is 2.06. The van der Waals surface area contributed by atoms with E-state index in [4.69, 9.17) is 4.74 Å². The number of nitriles is 1. The van der Waals surface area contributed by atoms with Gasteiger partial charge in [-0.25, -0.2) is 0 Å². The van der Waals surface area contributed by atoms with Crippen LogP contribution in [-0.4, -0.2) is 49.8 Å². The van der Waals surface area contributed by atoms with E-state index in [9.17, 15) is 5.26 Å². The van der Waals surface area contributed by atoms with Crippen LogP contribution in [0.15, 0.2) is 0 Å². The van der Waals surface area contributed by atoms with Gasteiger partial charge >= 0.3 is 0 Å². The summed E-state index contributed by atoms with van der Waals surface area (Å²) in [6, 6.07) is 2.88. The van der Waals surface area contributed by atoms with Crippen molar-refractivity contribution in [1.29, 1.82) is 5.26 Å². The van der Waals surface area contributed by atoms with E-state index in [-0.39, 0.29) is 5.54 Å². The molecule has 104 valence electrons. The molecule has 0 radical (unpaired) electrons. The molecule has 1 aliphatic carbocycles. The SMILES string of the molecule is CCOCCN(C)CC(C#N)(NC(C)C)C1CC1. The summed E-state index contributed by atoms with van der Waals surface area (Å²) < 4.78 is 5.36. The zero-order valence-corrected chi connectivity index (χ0v) is 12.2. The molecule has 0 amide bonds. The van der Waals surface area contributed by atoms with E-state index in [1.54, 1.807) is 0 Å². The minimum atomic E-state index is -0.380. The molecule has 1 N–H and O–H groups in total. The Hall–Kier alpha value is -0.630. The lowest BCUT2D eigenvalue weighted by atomic mass is 9.93. The normalized spacial score (nSPS) is 18.9. The maximum absolute atomic E-state index is 9.59. The largest absolute Gasteiger partial charge is 0.380 e. The standard InChI is InChI=1S/C14H27N3O/c1-5-18-9-8-17(4)11-14(10-15,13-6-7-13)16-12(2)3/h12-13,16H,5-9,11H2,1-4H3. The van der Waals surface area contributed by atoms with E-state index in [1.165, 1.54) is 12.8 Å². The predicted octanol–water partition coefficient (Wildman–Crippen LogP) is 1.63. The minimum absolute atomic E-state index is 0.338. The molecule has 0 aliphatic heterocycles. The van der Waals surface area contributed by atoms with Gasteiger partial charge in [-0.15, -0.1) is 0 Å². The lowest BCUT2D eigenvalue weighted by Gasteiger charge is -2.34. The van der Waals surface area contributed by atoms with Crippen molar-refractivity contribution in [3.8, 4) is 6.07 Å². The maximum Gasteiger partial charge on any atom is 0.122 e. The zero-order valence-electron chi connectivity index (χ0n) is 12.2. The van der Waals surface area contributed by atoms with Crippen LogP contribution < -0.4 is 5.32 Å². The molecule has 0 aromatic rings. The molecule has 1 rings (SSSR count). The van der Waals surface area contributed by atoms with Crippen LogP contribution in [-0.2, 0) is 4.74 Å². The maximum atomic E-state index is 9.59. The van der Waals surface area contributed by atoms with Gasteiger partial charge in [-0.05, 0) is 46.6 Å². The van der Waals surface area contributed by atoms with Gasteiger partial charge in [0, 0.05) is 25.7 Å². The molecule has 1 aliphatic rings. The van der Waals surface area contributed by atoms with Crippen molar-refractivity contribution in [2.45, 2.75) is 45.2 Å². The monoisotopic (exact) mass is 253 g/mol. The molecule has 0 bridgehead atoms. The molecule has 1 atom stereocenters. The van der Waals surface area contributed by atoms with Crippen LogP contribution in [0.25, 0.3) is 0 Å². The van der Waals surface area contributed by atoms with Crippen LogP contribution >= 0.6 is 0 Å². The van der Waals surface area contributed by atoms with Crippen molar-refractivity contribution < 1.29 is 4.74 Å². The summed E-state index contributed by atoms with van der Waals surface area (Å²) in [5, 5.41) is 13.1. The Morgan fingerprint density at radius 2 is 2.17 bits per heavy atom. The van der Waals surface area contributed by atoms with Gasteiger partial charge in [0.1, 0.15) is 5.54 Å². The van der Waals surface area contributed by atoms with Crippen LogP contribution in [0, 0.1) is 17.2 Å². The van der Waals surface area contributed by atoms with Gasteiger partial charge < -0.3 is 9.64 Å². The Balaban J connectivity index is 2.52. The van der Waals surface area contributed by atoms with Gasteiger partial charge in [-0.3, -0.25) is 5.32 Å². The lowest BCUT2D eigenvalue weighted by molar-refractivity contribution is 0.111. The highest BCUT2D eigenvalue weighted by Gasteiger charge is 2.46. The summed E-state index contributed by atoms with van der Waals surface area (Å²) in [4.78, 5) is 2.20. The summed E-state index contributed by atoms with van der Waals surface area (Å²) in [5.74, 6) is 0.513. The molecular weight excluding hydrogens is 226 g/mol. The molecule has 1 saturated carbocycles. The molecule has 0 saturated heterocycles. The second-order valence-electron chi connectivity index (χ2n) is 5.59. The lowest BCUT2D eigenvalue weighted by Crippen LogP contribution is -2.56. The average Bonchev–Trinajstić information content (AvgIpc) is 3.11. The van der Waals surface area contributed by atoms with Gasteiger partial charge in [0.15, 0.2) is 0 Å². The number of hydrogen-bond donors (Lipinski definition) is 1. The number of nitrogens with zero attached hydrogens (tertiary/aromatic N) is 2. The number of hydrogen-bond acceptors (Lipinski definition) is 4. The number of nitrogens with one attached hydrogen (secondary N) is 1. The van der Waals surface area contributed by atoms with Crippen LogP contribution in [0.1, 0.15) is 33.6 Å². The molecular formula is C14H27N3O. The molecule has 0 heterocycles. The molecule has 1 unspecified atom stereocenters. The fraction of sp³-hybridized carbons (Fsp3) is 0.929. The highest BCUT2D eigenvalue weighted by atomic mass is 16.5. The van der Waals surface area contributed by atoms with Crippen LogP contribution in [0.5, 0.6) is 0 Å². The van der Waals surface area contributed by atoms with Gasteiger partial charge in [0.05, 0.1) is 12.7 Å². The Morgan fingerprint density at radius 3 is 2.61 bits per heavy atom. The predicted molar refractivity (Wildman–Crippen MR) is 73.3 cm³/mol. The highest BCUT2D eigenvalue weighted by Crippen LogP contribution is 2.40. The summed E-state index contributed by atoms with van der Waals surface area (Å²) in [6.45, 7) is 9.36. The smallest absolute Gasteiger partial charge is 0.122 e. The Labute approximate surface area is 111 Å². The van der Waals surface area contributed by atoms with Crippen LogP contribution in [0.4, 0.5) is 0 Å². The highest BCUT2D eigenvalue weighted by molar-refractivity contribution is 5.17. The van der Waals surface area contributed by atoms with E-state index in [2.05, 4.69) is 37.2 Å². The van der Waals surface area contributed by atoms with Crippen LogP contribution in [0.3, 0.4) is 0 Å². The van der Waals surface area contributed by atoms with Gasteiger partial charge in [-0.1, -0.05) is 0 Å². The molecule has 4 heteroatoms. The second kappa shape index (κ2) is 7.08. The van der Waals surface area contributed by atoms with E-state index in [0.717, 1.165) is 26.3 Å². The summed E-state index contributed by atoms with van der Waals surface area (Å²) >= 11 is 0. The van der Waals surface area contributed by atoms with Gasteiger partial charge in [0.25, 0.3) is 0 Å². The van der Waals surface area contributed by atoms with Crippen molar-refractivity contribution in [2.75, 3.05) is 33.4 Å². The van der Waals surface area contributed by atoms with Crippen molar-refractivity contribution in [1.82, 2.24) is 10.2 Å². The third-order valence-corrected chi connectivity index (χ3v) is 3.36. The average molecular weight is 253 g/mol. The Morgan fingerprint density at radius 1 is 1.50 bits per heavy atom. The van der Waals surface area contributed by atoms with Crippen LogP contribution in [0.2, 0.25) is 0 Å². The van der Waals surface area contributed by atoms with Crippen molar-refractivity contribution in [3.05, 3.63) is 0 Å². The van der Waals surface area contributed by atoms with Gasteiger partial charge in [-0.2, -0.15) is 5.26 Å². The molecule has 4 nitrogen and oxygen atoms in total.